The molecule has 0 aliphatic rings. The summed E-state index contributed by atoms with van der Waals surface area (Å²) in [5.41, 5.74) is 8.42. The van der Waals surface area contributed by atoms with E-state index in [0.29, 0.717) is 17.0 Å². The minimum absolute atomic E-state index is 0.227. The molecule has 1 heterocycles. The molecule has 0 saturated carbocycles. The van der Waals surface area contributed by atoms with E-state index in [1.165, 1.54) is 0 Å². The SMILES string of the molecule is Cc1nn(C)c(C)c1C(=O)NNC(=O)COc1ccccc1-c1ccccc1. The van der Waals surface area contributed by atoms with E-state index in [2.05, 4.69) is 16.0 Å². The molecule has 0 unspecified atom stereocenters. The van der Waals surface area contributed by atoms with Gasteiger partial charge in [-0.2, -0.15) is 5.10 Å². The Morgan fingerprint density at radius 2 is 1.68 bits per heavy atom. The van der Waals surface area contributed by atoms with Gasteiger partial charge in [0.1, 0.15) is 5.75 Å². The number of rotatable bonds is 5. The highest BCUT2D eigenvalue weighted by atomic mass is 16.5. The molecule has 0 bridgehead atoms. The van der Waals surface area contributed by atoms with Crippen LogP contribution in [-0.4, -0.2) is 28.2 Å². The fourth-order valence-electron chi connectivity index (χ4n) is 2.92. The number of hydrogen-bond donors (Lipinski definition) is 2. The van der Waals surface area contributed by atoms with E-state index < -0.39 is 11.8 Å². The number of benzene rings is 2. The van der Waals surface area contributed by atoms with Gasteiger partial charge >= 0.3 is 0 Å². The van der Waals surface area contributed by atoms with Crippen LogP contribution in [0.5, 0.6) is 5.75 Å². The Kier molecular flexibility index (Phi) is 5.74. The van der Waals surface area contributed by atoms with Crippen molar-refractivity contribution in [2.24, 2.45) is 7.05 Å². The first kappa shape index (κ1) is 19.2. The van der Waals surface area contributed by atoms with E-state index in [0.717, 1.165) is 16.8 Å². The molecule has 0 radical (unpaired) electrons. The maximum Gasteiger partial charge on any atom is 0.276 e. The maximum absolute atomic E-state index is 12.3. The molecule has 28 heavy (non-hydrogen) atoms. The van der Waals surface area contributed by atoms with Crippen molar-refractivity contribution in [3.05, 3.63) is 71.5 Å². The summed E-state index contributed by atoms with van der Waals surface area (Å²) in [6, 6.07) is 17.3. The molecular formula is C21H22N4O3. The summed E-state index contributed by atoms with van der Waals surface area (Å²) in [6.45, 7) is 3.31. The van der Waals surface area contributed by atoms with Crippen molar-refractivity contribution in [3.63, 3.8) is 0 Å². The van der Waals surface area contributed by atoms with Gasteiger partial charge in [0.2, 0.25) is 0 Å². The van der Waals surface area contributed by atoms with Crippen molar-refractivity contribution in [1.82, 2.24) is 20.6 Å². The first-order valence-electron chi connectivity index (χ1n) is 8.84. The Balaban J connectivity index is 1.59. The van der Waals surface area contributed by atoms with Gasteiger partial charge in [-0.25, -0.2) is 0 Å². The van der Waals surface area contributed by atoms with Crippen LogP contribution in [0.25, 0.3) is 11.1 Å². The van der Waals surface area contributed by atoms with Crippen molar-refractivity contribution >= 4 is 11.8 Å². The lowest BCUT2D eigenvalue weighted by atomic mass is 10.1. The van der Waals surface area contributed by atoms with Gasteiger partial charge in [0, 0.05) is 18.3 Å². The average molecular weight is 378 g/mol. The molecule has 0 atom stereocenters. The minimum atomic E-state index is -0.463. The Bertz CT molecular complexity index is 996. The molecule has 2 aromatic carbocycles. The molecule has 0 aliphatic heterocycles. The van der Waals surface area contributed by atoms with Crippen LogP contribution in [0.4, 0.5) is 0 Å². The molecule has 0 saturated heterocycles. The molecular weight excluding hydrogens is 356 g/mol. The molecule has 7 heteroatoms. The Morgan fingerprint density at radius 1 is 1.00 bits per heavy atom. The van der Waals surface area contributed by atoms with Crippen molar-refractivity contribution in [1.29, 1.82) is 0 Å². The number of nitrogens with one attached hydrogen (secondary N) is 2. The number of carbonyl (C=O) groups excluding carboxylic acids is 2. The number of para-hydroxylation sites is 1. The Labute approximate surface area is 163 Å². The maximum atomic E-state index is 12.3. The van der Waals surface area contributed by atoms with Crippen LogP contribution < -0.4 is 15.6 Å². The van der Waals surface area contributed by atoms with Crippen LogP contribution >= 0.6 is 0 Å². The highest BCUT2D eigenvalue weighted by Gasteiger charge is 2.18. The quantitative estimate of drug-likeness (QED) is 0.668. The number of aryl methyl sites for hydroxylation is 2. The number of hydrazine groups is 1. The van der Waals surface area contributed by atoms with Gasteiger partial charge in [-0.1, -0.05) is 48.5 Å². The highest BCUT2D eigenvalue weighted by molar-refractivity contribution is 5.97. The zero-order valence-electron chi connectivity index (χ0n) is 16.0. The van der Waals surface area contributed by atoms with Crippen molar-refractivity contribution in [2.45, 2.75) is 13.8 Å². The van der Waals surface area contributed by atoms with E-state index in [4.69, 9.17) is 4.74 Å². The van der Waals surface area contributed by atoms with E-state index in [1.807, 2.05) is 48.5 Å². The van der Waals surface area contributed by atoms with Gasteiger partial charge in [-0.3, -0.25) is 25.1 Å². The molecule has 0 aliphatic carbocycles. The van der Waals surface area contributed by atoms with Crippen LogP contribution in [0.1, 0.15) is 21.7 Å². The first-order chi connectivity index (χ1) is 13.5. The van der Waals surface area contributed by atoms with Crippen LogP contribution in [0.2, 0.25) is 0 Å². The lowest BCUT2D eigenvalue weighted by Crippen LogP contribution is -2.44. The molecule has 3 rings (SSSR count). The van der Waals surface area contributed by atoms with Crippen LogP contribution in [0.15, 0.2) is 54.6 Å². The van der Waals surface area contributed by atoms with E-state index >= 15 is 0 Å². The number of aromatic nitrogens is 2. The number of ether oxygens (including phenoxy) is 1. The molecule has 0 spiro atoms. The summed E-state index contributed by atoms with van der Waals surface area (Å²) < 4.78 is 7.28. The van der Waals surface area contributed by atoms with E-state index in [9.17, 15) is 9.59 Å². The van der Waals surface area contributed by atoms with Gasteiger partial charge in [0.25, 0.3) is 11.8 Å². The standard InChI is InChI=1S/C21H22N4O3/c1-14-20(15(2)25(3)24-14)21(27)23-22-19(26)13-28-18-12-8-7-11-17(18)16-9-5-4-6-10-16/h4-12H,13H2,1-3H3,(H,22,26)(H,23,27). The second-order valence-corrected chi connectivity index (χ2v) is 6.32. The van der Waals surface area contributed by atoms with Crippen LogP contribution in [-0.2, 0) is 11.8 Å². The fourth-order valence-corrected chi connectivity index (χ4v) is 2.92. The number of hydrogen-bond acceptors (Lipinski definition) is 4. The van der Waals surface area contributed by atoms with E-state index in [-0.39, 0.29) is 6.61 Å². The summed E-state index contributed by atoms with van der Waals surface area (Å²) in [5.74, 6) is -0.286. The lowest BCUT2D eigenvalue weighted by molar-refractivity contribution is -0.123. The zero-order valence-corrected chi connectivity index (χ0v) is 16.0. The Morgan fingerprint density at radius 3 is 2.36 bits per heavy atom. The average Bonchev–Trinajstić information content (AvgIpc) is 2.97. The zero-order chi connectivity index (χ0) is 20.1. The van der Waals surface area contributed by atoms with Crippen molar-refractivity contribution in [3.8, 4) is 16.9 Å². The Hall–Kier alpha value is -3.61. The van der Waals surface area contributed by atoms with Crippen molar-refractivity contribution < 1.29 is 14.3 Å². The largest absolute Gasteiger partial charge is 0.483 e. The lowest BCUT2D eigenvalue weighted by Gasteiger charge is -2.12. The number of carbonyl (C=O) groups is 2. The number of amides is 2. The monoisotopic (exact) mass is 378 g/mol. The molecule has 2 N–H and O–H groups in total. The normalized spacial score (nSPS) is 10.4. The first-order valence-corrected chi connectivity index (χ1v) is 8.84. The van der Waals surface area contributed by atoms with Crippen LogP contribution in [0.3, 0.4) is 0 Å². The van der Waals surface area contributed by atoms with E-state index in [1.54, 1.807) is 31.6 Å². The minimum Gasteiger partial charge on any atom is -0.483 e. The summed E-state index contributed by atoms with van der Waals surface area (Å²) in [7, 11) is 1.76. The van der Waals surface area contributed by atoms with Gasteiger partial charge in [-0.05, 0) is 25.5 Å². The van der Waals surface area contributed by atoms with Gasteiger partial charge in [0.15, 0.2) is 6.61 Å². The van der Waals surface area contributed by atoms with Gasteiger partial charge in [-0.15, -0.1) is 0 Å². The highest BCUT2D eigenvalue weighted by Crippen LogP contribution is 2.29. The van der Waals surface area contributed by atoms with Crippen molar-refractivity contribution in [2.75, 3.05) is 6.61 Å². The van der Waals surface area contributed by atoms with Gasteiger partial charge < -0.3 is 4.74 Å². The molecule has 2 amide bonds. The molecule has 1 aromatic heterocycles. The smallest absolute Gasteiger partial charge is 0.276 e. The summed E-state index contributed by atoms with van der Waals surface area (Å²) in [5, 5.41) is 4.19. The molecule has 7 nitrogen and oxygen atoms in total. The second kappa shape index (κ2) is 8.39. The predicted molar refractivity (Wildman–Crippen MR) is 106 cm³/mol. The molecule has 0 fully saturated rings. The van der Waals surface area contributed by atoms with Gasteiger partial charge in [0.05, 0.1) is 11.3 Å². The predicted octanol–water partition coefficient (Wildman–Crippen LogP) is 2.54. The summed E-state index contributed by atoms with van der Waals surface area (Å²) in [6.07, 6.45) is 0. The number of nitrogens with zero attached hydrogens (tertiary/aromatic N) is 2. The fraction of sp³-hybridized carbons (Fsp3) is 0.190. The summed E-state index contributed by atoms with van der Waals surface area (Å²) >= 11 is 0. The second-order valence-electron chi connectivity index (χ2n) is 6.32. The topological polar surface area (TPSA) is 85.3 Å². The van der Waals surface area contributed by atoms with Crippen LogP contribution in [0, 0.1) is 13.8 Å². The third kappa shape index (κ3) is 4.20. The summed E-state index contributed by atoms with van der Waals surface area (Å²) in [4.78, 5) is 24.4. The third-order valence-corrected chi connectivity index (χ3v) is 4.38. The third-order valence-electron chi connectivity index (χ3n) is 4.38. The molecule has 3 aromatic rings. The molecule has 144 valence electrons.